The highest BCUT2D eigenvalue weighted by Crippen LogP contribution is 2.32. The lowest BCUT2D eigenvalue weighted by molar-refractivity contribution is 0.483. The maximum Gasteiger partial charge on any atom is 0.128 e. The van der Waals surface area contributed by atoms with Crippen LogP contribution in [0, 0.1) is 0 Å². The first kappa shape index (κ1) is 14.3. The summed E-state index contributed by atoms with van der Waals surface area (Å²) in [6, 6.07) is 20.4. The van der Waals surface area contributed by atoms with Gasteiger partial charge in [0.1, 0.15) is 11.5 Å². The number of hydrogen-bond donors (Lipinski definition) is 2. The first-order chi connectivity index (χ1) is 10.6. The van der Waals surface area contributed by atoms with Crippen molar-refractivity contribution in [2.45, 2.75) is 0 Å². The molecule has 0 fully saturated rings. The minimum Gasteiger partial charge on any atom is -0.457 e. The van der Waals surface area contributed by atoms with E-state index in [0.717, 1.165) is 16.9 Å². The Kier molecular flexibility index (Phi) is 3.90. The fraction of sp³-hybridized carbons (Fsp3) is 0. The van der Waals surface area contributed by atoms with Crippen LogP contribution in [0.1, 0.15) is 0 Å². The molecule has 0 atom stereocenters. The number of hydrogen-bond acceptors (Lipinski definition) is 3. The van der Waals surface area contributed by atoms with Gasteiger partial charge in [0.15, 0.2) is 0 Å². The average Bonchev–Trinajstić information content (AvgIpc) is 2.52. The number of halogens is 1. The second-order valence-electron chi connectivity index (χ2n) is 4.93. The van der Waals surface area contributed by atoms with Gasteiger partial charge in [0.05, 0.1) is 0 Å². The number of nitrogen functional groups attached to an aromatic ring is 2. The second-order valence-corrected chi connectivity index (χ2v) is 5.36. The Morgan fingerprint density at radius 2 is 1.36 bits per heavy atom. The van der Waals surface area contributed by atoms with Crippen LogP contribution in [0.25, 0.3) is 11.1 Å². The van der Waals surface area contributed by atoms with Gasteiger partial charge >= 0.3 is 0 Å². The summed E-state index contributed by atoms with van der Waals surface area (Å²) in [4.78, 5) is 0. The van der Waals surface area contributed by atoms with Gasteiger partial charge in [0.25, 0.3) is 0 Å². The van der Waals surface area contributed by atoms with Crippen LogP contribution in [-0.2, 0) is 0 Å². The van der Waals surface area contributed by atoms with Gasteiger partial charge in [0.2, 0.25) is 0 Å². The van der Waals surface area contributed by atoms with Crippen molar-refractivity contribution in [2.75, 3.05) is 11.5 Å². The molecule has 4 N–H and O–H groups in total. The number of benzene rings is 3. The quantitative estimate of drug-likeness (QED) is 0.672. The van der Waals surface area contributed by atoms with Crippen LogP contribution >= 0.6 is 11.6 Å². The molecular formula is C18H15ClN2O. The molecule has 3 nitrogen and oxygen atoms in total. The topological polar surface area (TPSA) is 61.3 Å². The number of ether oxygens (including phenoxy) is 1. The summed E-state index contributed by atoms with van der Waals surface area (Å²) >= 11 is 5.92. The Balaban J connectivity index is 1.92. The molecule has 110 valence electrons. The zero-order valence-electron chi connectivity index (χ0n) is 11.8. The third kappa shape index (κ3) is 3.15. The standard InChI is InChI=1S/C18H15ClN2O/c19-13-3-1-12(2-4-13)17-11-16(9-10-18(17)21)22-15-7-5-14(20)6-8-15/h1-11H,20-21H2. The van der Waals surface area contributed by atoms with Gasteiger partial charge in [0, 0.05) is 22.0 Å². The van der Waals surface area contributed by atoms with Crippen molar-refractivity contribution in [2.24, 2.45) is 0 Å². The molecule has 0 spiro atoms. The smallest absolute Gasteiger partial charge is 0.128 e. The van der Waals surface area contributed by atoms with E-state index in [1.165, 1.54) is 0 Å². The molecule has 3 aromatic rings. The molecule has 0 aliphatic carbocycles. The highest BCUT2D eigenvalue weighted by Gasteiger charge is 2.06. The molecule has 22 heavy (non-hydrogen) atoms. The van der Waals surface area contributed by atoms with Crippen LogP contribution in [0.15, 0.2) is 66.7 Å². The summed E-state index contributed by atoms with van der Waals surface area (Å²) in [6.45, 7) is 0. The molecule has 0 aliphatic rings. The van der Waals surface area contributed by atoms with Gasteiger partial charge in [-0.2, -0.15) is 0 Å². The number of anilines is 2. The largest absolute Gasteiger partial charge is 0.457 e. The van der Waals surface area contributed by atoms with Crippen LogP contribution < -0.4 is 16.2 Å². The van der Waals surface area contributed by atoms with Gasteiger partial charge in [-0.25, -0.2) is 0 Å². The molecule has 0 radical (unpaired) electrons. The molecule has 3 rings (SSSR count). The Labute approximate surface area is 134 Å². The van der Waals surface area contributed by atoms with E-state index in [-0.39, 0.29) is 0 Å². The first-order valence-corrected chi connectivity index (χ1v) is 7.18. The van der Waals surface area contributed by atoms with Gasteiger partial charge in [-0.05, 0) is 60.2 Å². The lowest BCUT2D eigenvalue weighted by Gasteiger charge is -2.11. The zero-order chi connectivity index (χ0) is 15.5. The van der Waals surface area contributed by atoms with Gasteiger partial charge in [-0.15, -0.1) is 0 Å². The van der Waals surface area contributed by atoms with Crippen molar-refractivity contribution in [1.82, 2.24) is 0 Å². The van der Waals surface area contributed by atoms with Gasteiger partial charge in [-0.1, -0.05) is 23.7 Å². The number of rotatable bonds is 3. The Bertz CT molecular complexity index is 783. The molecule has 0 aliphatic heterocycles. The molecule has 0 unspecified atom stereocenters. The zero-order valence-corrected chi connectivity index (χ0v) is 12.5. The summed E-state index contributed by atoms with van der Waals surface area (Å²) < 4.78 is 5.84. The van der Waals surface area contributed by atoms with Crippen LogP contribution in [0.4, 0.5) is 11.4 Å². The average molecular weight is 311 g/mol. The molecule has 0 aromatic heterocycles. The van der Waals surface area contributed by atoms with Crippen molar-refractivity contribution in [3.63, 3.8) is 0 Å². The van der Waals surface area contributed by atoms with Crippen molar-refractivity contribution < 1.29 is 4.74 Å². The van der Waals surface area contributed by atoms with Crippen molar-refractivity contribution in [3.8, 4) is 22.6 Å². The number of nitrogens with two attached hydrogens (primary N) is 2. The summed E-state index contributed by atoms with van der Waals surface area (Å²) in [6.07, 6.45) is 0. The normalized spacial score (nSPS) is 10.4. The highest BCUT2D eigenvalue weighted by atomic mass is 35.5. The molecule has 0 saturated heterocycles. The monoisotopic (exact) mass is 310 g/mol. The molecule has 0 bridgehead atoms. The van der Waals surface area contributed by atoms with E-state index in [0.29, 0.717) is 22.1 Å². The maximum atomic E-state index is 6.07. The van der Waals surface area contributed by atoms with E-state index in [1.54, 1.807) is 12.1 Å². The van der Waals surface area contributed by atoms with E-state index < -0.39 is 0 Å². The molecule has 4 heteroatoms. The van der Waals surface area contributed by atoms with E-state index in [9.17, 15) is 0 Å². The molecule has 0 heterocycles. The van der Waals surface area contributed by atoms with Crippen LogP contribution in [0.5, 0.6) is 11.5 Å². The fourth-order valence-corrected chi connectivity index (χ4v) is 2.28. The van der Waals surface area contributed by atoms with E-state index >= 15 is 0 Å². The minimum atomic E-state index is 0.687. The molecule has 0 amide bonds. The van der Waals surface area contributed by atoms with Gasteiger partial charge in [-0.3, -0.25) is 0 Å². The van der Waals surface area contributed by atoms with E-state index in [4.69, 9.17) is 27.8 Å². The second kappa shape index (κ2) is 6.00. The molecule has 3 aromatic carbocycles. The fourth-order valence-electron chi connectivity index (χ4n) is 2.15. The summed E-state index contributed by atoms with van der Waals surface area (Å²) in [5, 5.41) is 0.691. The summed E-state index contributed by atoms with van der Waals surface area (Å²) in [5.74, 6) is 1.44. The Morgan fingerprint density at radius 1 is 0.727 bits per heavy atom. The Morgan fingerprint density at radius 3 is 2.05 bits per heavy atom. The van der Waals surface area contributed by atoms with Crippen molar-refractivity contribution in [1.29, 1.82) is 0 Å². The summed E-state index contributed by atoms with van der Waals surface area (Å²) in [7, 11) is 0. The first-order valence-electron chi connectivity index (χ1n) is 6.81. The SMILES string of the molecule is Nc1ccc(Oc2ccc(N)c(-c3ccc(Cl)cc3)c2)cc1. The third-order valence-electron chi connectivity index (χ3n) is 3.30. The van der Waals surface area contributed by atoms with Gasteiger partial charge < -0.3 is 16.2 Å². The predicted octanol–water partition coefficient (Wildman–Crippen LogP) is 4.96. The Hall–Kier alpha value is -2.65. The maximum absolute atomic E-state index is 6.07. The molecular weight excluding hydrogens is 296 g/mol. The van der Waals surface area contributed by atoms with Crippen LogP contribution in [-0.4, -0.2) is 0 Å². The summed E-state index contributed by atoms with van der Waals surface area (Å²) in [5.41, 5.74) is 15.0. The van der Waals surface area contributed by atoms with E-state index in [2.05, 4.69) is 0 Å². The van der Waals surface area contributed by atoms with E-state index in [1.807, 2.05) is 54.6 Å². The lowest BCUT2D eigenvalue weighted by Crippen LogP contribution is -1.92. The highest BCUT2D eigenvalue weighted by molar-refractivity contribution is 6.30. The van der Waals surface area contributed by atoms with Crippen LogP contribution in [0.2, 0.25) is 5.02 Å². The molecule has 0 saturated carbocycles. The van der Waals surface area contributed by atoms with Crippen molar-refractivity contribution in [3.05, 3.63) is 71.8 Å². The van der Waals surface area contributed by atoms with Crippen molar-refractivity contribution >= 4 is 23.0 Å². The van der Waals surface area contributed by atoms with Crippen LogP contribution in [0.3, 0.4) is 0 Å². The minimum absolute atomic E-state index is 0.687. The lowest BCUT2D eigenvalue weighted by atomic mass is 10.0. The predicted molar refractivity (Wildman–Crippen MR) is 92.2 cm³/mol. The third-order valence-corrected chi connectivity index (χ3v) is 3.55.